The molecule has 0 spiro atoms. The molecule has 1 fully saturated rings. The number of carbonyl (C=O) groups excluding carboxylic acids is 1. The topological polar surface area (TPSA) is 90.1 Å². The molecule has 1 unspecified atom stereocenters. The van der Waals surface area contributed by atoms with E-state index in [-0.39, 0.29) is 17.6 Å². The van der Waals surface area contributed by atoms with Crippen molar-refractivity contribution in [2.75, 3.05) is 13.2 Å². The lowest BCUT2D eigenvalue weighted by Gasteiger charge is -2.20. The zero-order valence-corrected chi connectivity index (χ0v) is 12.4. The smallest absolute Gasteiger partial charge is 0.290 e. The molecule has 0 aliphatic carbocycles. The van der Waals surface area contributed by atoms with Crippen molar-refractivity contribution in [3.05, 3.63) is 41.3 Å². The summed E-state index contributed by atoms with van der Waals surface area (Å²) >= 11 is 0. The van der Waals surface area contributed by atoms with E-state index in [1.807, 2.05) is 0 Å². The molecule has 7 heteroatoms. The summed E-state index contributed by atoms with van der Waals surface area (Å²) in [6.45, 7) is 3.56. The normalized spacial score (nSPS) is 18.1. The van der Waals surface area contributed by atoms with Gasteiger partial charge in [0.2, 0.25) is 5.76 Å². The van der Waals surface area contributed by atoms with Crippen molar-refractivity contribution in [3.8, 4) is 0 Å². The molecule has 0 saturated carbocycles. The van der Waals surface area contributed by atoms with Gasteiger partial charge in [-0.3, -0.25) is 4.79 Å². The number of aromatic nitrogens is 3. The number of rotatable bonds is 4. The lowest BCUT2D eigenvalue weighted by molar-refractivity contribution is 0.0779. The number of aryl methyl sites for hydroxylation is 1. The van der Waals surface area contributed by atoms with Crippen LogP contribution in [0.4, 0.5) is 0 Å². The summed E-state index contributed by atoms with van der Waals surface area (Å²) < 4.78 is 10.4. The molecule has 3 heterocycles. The minimum Gasteiger partial charge on any atom is -0.381 e. The van der Waals surface area contributed by atoms with Crippen molar-refractivity contribution >= 4 is 5.91 Å². The van der Waals surface area contributed by atoms with Crippen LogP contribution in [0.15, 0.2) is 22.9 Å². The van der Waals surface area contributed by atoms with Gasteiger partial charge >= 0.3 is 0 Å². The first kappa shape index (κ1) is 14.6. The minimum absolute atomic E-state index is 0.201. The molecular weight excluding hydrogens is 284 g/mol. The van der Waals surface area contributed by atoms with Gasteiger partial charge in [0.05, 0.1) is 24.5 Å². The summed E-state index contributed by atoms with van der Waals surface area (Å²) in [6, 6.07) is 3.39. The standard InChI is InChI=1S/C15H18N4O3/c1-10-7-13(22-19-10)15(20)17-8-12-4-5-16-14(18-12)11-3-2-6-21-9-11/h4-5,7,11H,2-3,6,8-9H2,1H3,(H,17,20). The van der Waals surface area contributed by atoms with Gasteiger partial charge in [0, 0.05) is 24.8 Å². The van der Waals surface area contributed by atoms with Crippen LogP contribution in [0.25, 0.3) is 0 Å². The van der Waals surface area contributed by atoms with Crippen LogP contribution in [0.1, 0.15) is 46.5 Å². The highest BCUT2D eigenvalue weighted by Crippen LogP contribution is 2.22. The second kappa shape index (κ2) is 6.65. The van der Waals surface area contributed by atoms with Gasteiger partial charge in [0.15, 0.2) is 0 Å². The third kappa shape index (κ3) is 3.48. The molecule has 1 saturated heterocycles. The van der Waals surface area contributed by atoms with Crippen LogP contribution >= 0.6 is 0 Å². The number of hydrogen-bond donors (Lipinski definition) is 1. The molecule has 7 nitrogen and oxygen atoms in total. The fourth-order valence-electron chi connectivity index (χ4n) is 2.38. The van der Waals surface area contributed by atoms with Gasteiger partial charge in [-0.25, -0.2) is 9.97 Å². The Kier molecular flexibility index (Phi) is 4.43. The SMILES string of the molecule is Cc1cc(C(=O)NCc2ccnc(C3CCCOC3)n2)on1. The molecule has 1 N–H and O–H groups in total. The van der Waals surface area contributed by atoms with Gasteiger partial charge in [-0.1, -0.05) is 5.16 Å². The quantitative estimate of drug-likeness (QED) is 0.922. The fourth-order valence-corrected chi connectivity index (χ4v) is 2.38. The number of nitrogens with one attached hydrogen (secondary N) is 1. The van der Waals surface area contributed by atoms with E-state index in [1.165, 1.54) is 0 Å². The summed E-state index contributed by atoms with van der Waals surface area (Å²) in [6.07, 6.45) is 3.78. The maximum Gasteiger partial charge on any atom is 0.290 e. The van der Waals surface area contributed by atoms with Crippen LogP contribution in [0.3, 0.4) is 0 Å². The van der Waals surface area contributed by atoms with Crippen molar-refractivity contribution in [2.45, 2.75) is 32.2 Å². The third-order valence-electron chi connectivity index (χ3n) is 3.54. The summed E-state index contributed by atoms with van der Waals surface area (Å²) in [4.78, 5) is 20.7. The van der Waals surface area contributed by atoms with Crippen molar-refractivity contribution in [3.63, 3.8) is 0 Å². The summed E-state index contributed by atoms with van der Waals surface area (Å²) in [5.74, 6) is 0.914. The molecule has 0 aromatic carbocycles. The summed E-state index contributed by atoms with van der Waals surface area (Å²) in [5.41, 5.74) is 1.44. The monoisotopic (exact) mass is 302 g/mol. The van der Waals surface area contributed by atoms with Crippen LogP contribution in [0.5, 0.6) is 0 Å². The molecule has 2 aromatic heterocycles. The van der Waals surface area contributed by atoms with Gasteiger partial charge in [0.1, 0.15) is 5.82 Å². The average Bonchev–Trinajstić information content (AvgIpc) is 3.00. The molecule has 0 bridgehead atoms. The Morgan fingerprint density at radius 1 is 1.50 bits per heavy atom. The molecule has 2 aromatic rings. The molecule has 1 aliphatic heterocycles. The fraction of sp³-hybridized carbons (Fsp3) is 0.467. The van der Waals surface area contributed by atoms with E-state index in [0.717, 1.165) is 31.0 Å². The number of nitrogens with zero attached hydrogens (tertiary/aromatic N) is 3. The van der Waals surface area contributed by atoms with E-state index in [2.05, 4.69) is 20.4 Å². The zero-order valence-electron chi connectivity index (χ0n) is 12.4. The van der Waals surface area contributed by atoms with Crippen LogP contribution in [0.2, 0.25) is 0 Å². The Hall–Kier alpha value is -2.28. The lowest BCUT2D eigenvalue weighted by atomic mass is 10.0. The third-order valence-corrected chi connectivity index (χ3v) is 3.54. The van der Waals surface area contributed by atoms with E-state index in [9.17, 15) is 4.79 Å². The Bertz CT molecular complexity index is 650. The zero-order chi connectivity index (χ0) is 15.4. The first-order chi connectivity index (χ1) is 10.7. The predicted octanol–water partition coefficient (Wildman–Crippen LogP) is 1.60. The number of ether oxygens (including phenoxy) is 1. The van der Waals surface area contributed by atoms with Gasteiger partial charge in [-0.05, 0) is 25.8 Å². The molecule has 22 heavy (non-hydrogen) atoms. The molecule has 0 radical (unpaired) electrons. The van der Waals surface area contributed by atoms with Crippen LogP contribution < -0.4 is 5.32 Å². The first-order valence-electron chi connectivity index (χ1n) is 7.33. The van der Waals surface area contributed by atoms with E-state index >= 15 is 0 Å². The van der Waals surface area contributed by atoms with Crippen molar-refractivity contribution in [1.82, 2.24) is 20.4 Å². The highest BCUT2D eigenvalue weighted by Gasteiger charge is 2.19. The summed E-state index contributed by atoms with van der Waals surface area (Å²) in [5, 5.41) is 6.46. The van der Waals surface area contributed by atoms with E-state index < -0.39 is 0 Å². The second-order valence-corrected chi connectivity index (χ2v) is 5.34. The second-order valence-electron chi connectivity index (χ2n) is 5.34. The van der Waals surface area contributed by atoms with E-state index in [1.54, 1.807) is 25.3 Å². The van der Waals surface area contributed by atoms with E-state index in [0.29, 0.717) is 18.8 Å². The maximum absolute atomic E-state index is 11.9. The maximum atomic E-state index is 11.9. The number of carbonyl (C=O) groups is 1. The predicted molar refractivity (Wildman–Crippen MR) is 77.2 cm³/mol. The summed E-state index contributed by atoms with van der Waals surface area (Å²) in [7, 11) is 0. The van der Waals surface area contributed by atoms with Gasteiger partial charge < -0.3 is 14.6 Å². The average molecular weight is 302 g/mol. The molecular formula is C15H18N4O3. The molecule has 116 valence electrons. The number of amides is 1. The largest absolute Gasteiger partial charge is 0.381 e. The molecule has 3 rings (SSSR count). The highest BCUT2D eigenvalue weighted by atomic mass is 16.5. The first-order valence-corrected chi connectivity index (χ1v) is 7.33. The van der Waals surface area contributed by atoms with Crippen molar-refractivity contribution in [2.24, 2.45) is 0 Å². The van der Waals surface area contributed by atoms with Crippen LogP contribution in [-0.2, 0) is 11.3 Å². The Balaban J connectivity index is 1.61. The van der Waals surface area contributed by atoms with Gasteiger partial charge in [-0.15, -0.1) is 0 Å². The van der Waals surface area contributed by atoms with Gasteiger partial charge in [-0.2, -0.15) is 0 Å². The highest BCUT2D eigenvalue weighted by molar-refractivity contribution is 5.91. The Labute approximate surface area is 128 Å². The number of hydrogen-bond acceptors (Lipinski definition) is 6. The van der Waals surface area contributed by atoms with Crippen molar-refractivity contribution < 1.29 is 14.1 Å². The Morgan fingerprint density at radius 2 is 2.41 bits per heavy atom. The lowest BCUT2D eigenvalue weighted by Crippen LogP contribution is -2.24. The Morgan fingerprint density at radius 3 is 3.14 bits per heavy atom. The van der Waals surface area contributed by atoms with Crippen LogP contribution in [-0.4, -0.2) is 34.2 Å². The minimum atomic E-state index is -0.304. The van der Waals surface area contributed by atoms with E-state index in [4.69, 9.17) is 9.26 Å². The van der Waals surface area contributed by atoms with Gasteiger partial charge in [0.25, 0.3) is 5.91 Å². The molecule has 1 amide bonds. The molecule has 1 aliphatic rings. The molecule has 1 atom stereocenters. The van der Waals surface area contributed by atoms with Crippen molar-refractivity contribution in [1.29, 1.82) is 0 Å². The van der Waals surface area contributed by atoms with Crippen LogP contribution in [0, 0.1) is 6.92 Å².